The molecule has 5 unspecified atom stereocenters. The van der Waals surface area contributed by atoms with Crippen LogP contribution in [0.4, 0.5) is 0 Å². The van der Waals surface area contributed by atoms with Crippen molar-refractivity contribution in [3.63, 3.8) is 0 Å². The van der Waals surface area contributed by atoms with Gasteiger partial charge in [0.05, 0.1) is 12.6 Å². The molecule has 1 saturated heterocycles. The molecule has 0 saturated carbocycles. The maximum absolute atomic E-state index is 12.9. The molecule has 0 aliphatic carbocycles. The van der Waals surface area contributed by atoms with Gasteiger partial charge in [-0.05, 0) is 25.7 Å². The van der Waals surface area contributed by atoms with Crippen molar-refractivity contribution in [1.82, 2.24) is 15.5 Å². The van der Waals surface area contributed by atoms with Gasteiger partial charge in [-0.25, -0.2) is 4.79 Å². The average Bonchev–Trinajstić information content (AvgIpc) is 3.12. The fraction of sp³-hybridized carbons (Fsp3) is 0.765. The smallest absolute Gasteiger partial charge is 0.326 e. The maximum atomic E-state index is 12.9. The van der Waals surface area contributed by atoms with Gasteiger partial charge < -0.3 is 31.5 Å². The quantitative estimate of drug-likeness (QED) is 0.319. The lowest BCUT2D eigenvalue weighted by Gasteiger charge is -2.32. The Bertz CT molecular complexity index is 568. The van der Waals surface area contributed by atoms with E-state index in [1.807, 2.05) is 6.92 Å². The summed E-state index contributed by atoms with van der Waals surface area (Å²) < 4.78 is 0. The third-order valence-electron chi connectivity index (χ3n) is 4.86. The third-order valence-corrected chi connectivity index (χ3v) is 4.86. The Labute approximate surface area is 158 Å². The summed E-state index contributed by atoms with van der Waals surface area (Å²) in [6.45, 7) is 4.91. The van der Waals surface area contributed by atoms with Gasteiger partial charge in [0.15, 0.2) is 0 Å². The Balaban J connectivity index is 2.99. The number of nitrogens with one attached hydrogen (secondary N) is 2. The van der Waals surface area contributed by atoms with Crippen LogP contribution in [0.1, 0.15) is 40.0 Å². The Morgan fingerprint density at radius 1 is 1.19 bits per heavy atom. The van der Waals surface area contributed by atoms with E-state index in [0.29, 0.717) is 25.8 Å². The monoisotopic (exact) mass is 386 g/mol. The van der Waals surface area contributed by atoms with E-state index in [1.165, 1.54) is 11.8 Å². The molecule has 1 fully saturated rings. The Hall–Kier alpha value is -2.20. The van der Waals surface area contributed by atoms with Crippen LogP contribution in [0.5, 0.6) is 0 Å². The van der Waals surface area contributed by atoms with Crippen LogP contribution in [-0.2, 0) is 19.2 Å². The molecule has 1 aliphatic rings. The van der Waals surface area contributed by atoms with Crippen LogP contribution in [0.3, 0.4) is 0 Å². The zero-order chi connectivity index (χ0) is 20.7. The highest BCUT2D eigenvalue weighted by molar-refractivity contribution is 5.94. The second-order valence-corrected chi connectivity index (χ2v) is 6.89. The van der Waals surface area contributed by atoms with Crippen LogP contribution < -0.4 is 16.4 Å². The molecular weight excluding hydrogens is 356 g/mol. The first-order valence-electron chi connectivity index (χ1n) is 9.15. The first-order valence-corrected chi connectivity index (χ1v) is 9.15. The second-order valence-electron chi connectivity index (χ2n) is 6.89. The van der Waals surface area contributed by atoms with Crippen LogP contribution >= 0.6 is 0 Å². The molecule has 1 heterocycles. The number of rotatable bonds is 9. The van der Waals surface area contributed by atoms with Gasteiger partial charge in [-0.3, -0.25) is 14.4 Å². The molecule has 0 aromatic rings. The second kappa shape index (κ2) is 10.2. The zero-order valence-corrected chi connectivity index (χ0v) is 16.0. The third kappa shape index (κ3) is 5.90. The number of carbonyl (C=O) groups excluding carboxylic acids is 3. The summed E-state index contributed by atoms with van der Waals surface area (Å²) in [5.41, 5.74) is 5.22. The Morgan fingerprint density at radius 2 is 1.81 bits per heavy atom. The number of aliphatic hydroxyl groups is 1. The van der Waals surface area contributed by atoms with Crippen LogP contribution in [-0.4, -0.2) is 76.1 Å². The summed E-state index contributed by atoms with van der Waals surface area (Å²) in [5, 5.41) is 24.0. The normalized spacial score (nSPS) is 21.1. The number of hydrogen-bond donors (Lipinski definition) is 5. The molecule has 1 aliphatic heterocycles. The molecule has 5 atom stereocenters. The molecule has 10 heteroatoms. The first kappa shape index (κ1) is 22.8. The SMILES string of the molecule is CCC(C)C(NC(=O)C(NC(=O)CN)C(C)O)C(=O)N1CCCC1C(=O)O. The number of carboxylic acid groups (broad SMARTS) is 1. The minimum Gasteiger partial charge on any atom is -0.480 e. The van der Waals surface area contributed by atoms with Crippen molar-refractivity contribution >= 4 is 23.7 Å². The van der Waals surface area contributed by atoms with Crippen molar-refractivity contribution in [2.75, 3.05) is 13.1 Å². The first-order chi connectivity index (χ1) is 12.6. The molecule has 0 radical (unpaired) electrons. The summed E-state index contributed by atoms with van der Waals surface area (Å²) in [6.07, 6.45) is 0.306. The summed E-state index contributed by atoms with van der Waals surface area (Å²) in [6, 6.07) is -3.14. The van der Waals surface area contributed by atoms with Crippen LogP contribution in [0.15, 0.2) is 0 Å². The molecule has 10 nitrogen and oxygen atoms in total. The Morgan fingerprint density at radius 3 is 2.30 bits per heavy atom. The maximum Gasteiger partial charge on any atom is 0.326 e. The van der Waals surface area contributed by atoms with Gasteiger partial charge in [-0.1, -0.05) is 20.3 Å². The van der Waals surface area contributed by atoms with Crippen molar-refractivity contribution in [3.8, 4) is 0 Å². The summed E-state index contributed by atoms with van der Waals surface area (Å²) in [5.74, 6) is -3.16. The van der Waals surface area contributed by atoms with Gasteiger partial charge in [-0.2, -0.15) is 0 Å². The predicted octanol–water partition coefficient (Wildman–Crippen LogP) is -1.58. The lowest BCUT2D eigenvalue weighted by Crippen LogP contribution is -2.60. The predicted molar refractivity (Wildman–Crippen MR) is 96.4 cm³/mol. The average molecular weight is 386 g/mol. The lowest BCUT2D eigenvalue weighted by atomic mass is 9.96. The lowest BCUT2D eigenvalue weighted by molar-refractivity contribution is -0.150. The molecule has 3 amide bonds. The highest BCUT2D eigenvalue weighted by Gasteiger charge is 2.40. The molecule has 0 aromatic carbocycles. The summed E-state index contributed by atoms with van der Waals surface area (Å²) >= 11 is 0. The molecule has 27 heavy (non-hydrogen) atoms. The van der Waals surface area contributed by atoms with Gasteiger partial charge in [0.2, 0.25) is 17.7 Å². The molecule has 0 aromatic heterocycles. The number of carbonyl (C=O) groups is 4. The molecule has 154 valence electrons. The van der Waals surface area contributed by atoms with E-state index in [9.17, 15) is 29.4 Å². The number of amides is 3. The van der Waals surface area contributed by atoms with E-state index in [0.717, 1.165) is 0 Å². The van der Waals surface area contributed by atoms with Crippen molar-refractivity contribution in [2.45, 2.75) is 64.3 Å². The topological polar surface area (TPSA) is 162 Å². The summed E-state index contributed by atoms with van der Waals surface area (Å²) in [4.78, 5) is 49.7. The number of nitrogens with two attached hydrogens (primary N) is 1. The van der Waals surface area contributed by atoms with Crippen LogP contribution in [0.25, 0.3) is 0 Å². The van der Waals surface area contributed by atoms with E-state index < -0.39 is 47.9 Å². The number of likely N-dealkylation sites (tertiary alicyclic amines) is 1. The minimum atomic E-state index is -1.27. The van der Waals surface area contributed by atoms with Gasteiger partial charge in [0, 0.05) is 6.54 Å². The number of carboxylic acids is 1. The van der Waals surface area contributed by atoms with E-state index in [-0.39, 0.29) is 12.5 Å². The minimum absolute atomic E-state index is 0.267. The highest BCUT2D eigenvalue weighted by atomic mass is 16.4. The largest absolute Gasteiger partial charge is 0.480 e. The molecule has 6 N–H and O–H groups in total. The van der Waals surface area contributed by atoms with Gasteiger partial charge in [0.25, 0.3) is 0 Å². The van der Waals surface area contributed by atoms with E-state index in [1.54, 1.807) is 6.92 Å². The molecule has 1 rings (SSSR count). The standard InChI is InChI=1S/C17H30N4O6/c1-4-9(2)13(16(25)21-7-5-6-11(21)17(26)27)20-15(24)14(10(3)22)19-12(23)8-18/h9-11,13-14,22H,4-8,18H2,1-3H3,(H,19,23)(H,20,24)(H,26,27). The van der Waals surface area contributed by atoms with Gasteiger partial charge in [-0.15, -0.1) is 0 Å². The van der Waals surface area contributed by atoms with Crippen molar-refractivity contribution in [1.29, 1.82) is 0 Å². The van der Waals surface area contributed by atoms with Crippen LogP contribution in [0, 0.1) is 5.92 Å². The summed E-state index contributed by atoms with van der Waals surface area (Å²) in [7, 11) is 0. The van der Waals surface area contributed by atoms with E-state index in [2.05, 4.69) is 10.6 Å². The number of nitrogens with zero attached hydrogens (tertiary/aromatic N) is 1. The molecule has 0 bridgehead atoms. The Kier molecular flexibility index (Phi) is 8.64. The highest BCUT2D eigenvalue weighted by Crippen LogP contribution is 2.21. The van der Waals surface area contributed by atoms with Crippen molar-refractivity contribution in [3.05, 3.63) is 0 Å². The van der Waals surface area contributed by atoms with Gasteiger partial charge >= 0.3 is 5.97 Å². The fourth-order valence-corrected chi connectivity index (χ4v) is 3.03. The zero-order valence-electron chi connectivity index (χ0n) is 16.0. The number of aliphatic carboxylic acids is 1. The number of hydrogen-bond acceptors (Lipinski definition) is 6. The van der Waals surface area contributed by atoms with E-state index in [4.69, 9.17) is 5.73 Å². The van der Waals surface area contributed by atoms with Gasteiger partial charge in [0.1, 0.15) is 18.1 Å². The van der Waals surface area contributed by atoms with Crippen molar-refractivity contribution < 1.29 is 29.4 Å². The number of aliphatic hydroxyl groups excluding tert-OH is 1. The molecule has 0 spiro atoms. The van der Waals surface area contributed by atoms with Crippen LogP contribution in [0.2, 0.25) is 0 Å². The fourth-order valence-electron chi connectivity index (χ4n) is 3.03. The van der Waals surface area contributed by atoms with Crippen molar-refractivity contribution in [2.24, 2.45) is 11.7 Å². The molecular formula is C17H30N4O6. The van der Waals surface area contributed by atoms with E-state index >= 15 is 0 Å².